The van der Waals surface area contributed by atoms with E-state index < -0.39 is 5.97 Å². The van der Waals surface area contributed by atoms with Crippen LogP contribution in [0.1, 0.15) is 37.2 Å². The van der Waals surface area contributed by atoms with Gasteiger partial charge in [0.25, 0.3) is 0 Å². The number of nitrogens with zero attached hydrogens (tertiary/aromatic N) is 3. The standard InChI is InChI=1S/C21H24FN5O2/c1-4-14(7-5-6-13(2)22)20-16-12-15(8-9-17(16)26-27(20)3)21-23-18(24-25-21)10-11-19(28)29/h4,6-9,12,20,26H,1,5,10-11H2,2-3H3,(H,28,29)(H,23,24,25)/b13-6+,14-7?. The monoisotopic (exact) mass is 397 g/mol. The van der Waals surface area contributed by atoms with Crippen molar-refractivity contribution < 1.29 is 14.3 Å². The summed E-state index contributed by atoms with van der Waals surface area (Å²) in [6.07, 6.45) is 6.04. The Kier molecular flexibility index (Phi) is 6.23. The number of carboxylic acid groups (broad SMARTS) is 1. The summed E-state index contributed by atoms with van der Waals surface area (Å²) in [6, 6.07) is 5.80. The Hall–Kier alpha value is -3.26. The lowest BCUT2D eigenvalue weighted by Gasteiger charge is -2.21. The zero-order chi connectivity index (χ0) is 21.0. The molecule has 2 heterocycles. The number of hydrazine groups is 1. The van der Waals surface area contributed by atoms with E-state index in [2.05, 4.69) is 27.2 Å². The molecule has 0 aliphatic carbocycles. The third-order valence-electron chi connectivity index (χ3n) is 4.70. The summed E-state index contributed by atoms with van der Waals surface area (Å²) in [6.45, 7) is 5.34. The second kappa shape index (κ2) is 8.83. The Morgan fingerprint density at radius 2 is 2.21 bits per heavy atom. The van der Waals surface area contributed by atoms with Crippen molar-refractivity contribution in [1.29, 1.82) is 0 Å². The van der Waals surface area contributed by atoms with E-state index in [0.29, 0.717) is 24.5 Å². The molecular formula is C21H24FN5O2. The van der Waals surface area contributed by atoms with Crippen LogP contribution in [0.5, 0.6) is 0 Å². The fraction of sp³-hybridized carbons (Fsp3) is 0.286. The van der Waals surface area contributed by atoms with E-state index in [9.17, 15) is 9.18 Å². The van der Waals surface area contributed by atoms with Gasteiger partial charge in [0.15, 0.2) is 5.82 Å². The number of aromatic nitrogens is 3. The zero-order valence-electron chi connectivity index (χ0n) is 16.4. The Balaban J connectivity index is 1.89. The summed E-state index contributed by atoms with van der Waals surface area (Å²) in [4.78, 5) is 15.1. The lowest BCUT2D eigenvalue weighted by atomic mass is 9.95. The Morgan fingerprint density at radius 1 is 1.41 bits per heavy atom. The highest BCUT2D eigenvalue weighted by Crippen LogP contribution is 2.40. The molecule has 0 bridgehead atoms. The van der Waals surface area contributed by atoms with Gasteiger partial charge in [-0.05, 0) is 43.2 Å². The molecule has 1 unspecified atom stereocenters. The van der Waals surface area contributed by atoms with Crippen molar-refractivity contribution in [3.63, 3.8) is 0 Å². The number of hydrogen-bond donors (Lipinski definition) is 3. The summed E-state index contributed by atoms with van der Waals surface area (Å²) >= 11 is 0. The number of aromatic amines is 1. The molecule has 3 rings (SSSR count). The van der Waals surface area contributed by atoms with Gasteiger partial charge in [0.05, 0.1) is 24.0 Å². The minimum atomic E-state index is -0.876. The second-order valence-corrected chi connectivity index (χ2v) is 6.86. The average molecular weight is 397 g/mol. The van der Waals surface area contributed by atoms with E-state index in [1.54, 1.807) is 6.08 Å². The van der Waals surface area contributed by atoms with Crippen molar-refractivity contribution in [3.8, 4) is 11.4 Å². The first-order valence-electron chi connectivity index (χ1n) is 9.30. The molecule has 3 N–H and O–H groups in total. The summed E-state index contributed by atoms with van der Waals surface area (Å²) in [5, 5.41) is 17.8. The first-order chi connectivity index (χ1) is 13.9. The summed E-state index contributed by atoms with van der Waals surface area (Å²) in [5.41, 5.74) is 7.11. The molecule has 152 valence electrons. The van der Waals surface area contributed by atoms with Gasteiger partial charge >= 0.3 is 5.97 Å². The van der Waals surface area contributed by atoms with E-state index in [-0.39, 0.29) is 18.3 Å². The van der Waals surface area contributed by atoms with Crippen LogP contribution in [0, 0.1) is 0 Å². The first kappa shape index (κ1) is 20.5. The minimum absolute atomic E-state index is 0.00407. The molecule has 1 atom stereocenters. The number of nitrogens with one attached hydrogen (secondary N) is 2. The van der Waals surface area contributed by atoms with Crippen LogP contribution >= 0.6 is 0 Å². The number of allylic oxidation sites excluding steroid dienone is 3. The van der Waals surface area contributed by atoms with Gasteiger partial charge in [-0.3, -0.25) is 9.89 Å². The van der Waals surface area contributed by atoms with Crippen LogP contribution in [0.25, 0.3) is 11.4 Å². The molecule has 0 radical (unpaired) electrons. The predicted molar refractivity (Wildman–Crippen MR) is 110 cm³/mol. The summed E-state index contributed by atoms with van der Waals surface area (Å²) in [7, 11) is 1.94. The van der Waals surface area contributed by atoms with Crippen LogP contribution in [-0.2, 0) is 11.2 Å². The molecule has 0 saturated carbocycles. The molecule has 7 nitrogen and oxygen atoms in total. The molecule has 0 fully saturated rings. The summed E-state index contributed by atoms with van der Waals surface area (Å²) in [5.74, 6) is -0.0381. The van der Waals surface area contributed by atoms with E-state index in [4.69, 9.17) is 5.11 Å². The molecule has 1 aromatic heterocycles. The molecule has 29 heavy (non-hydrogen) atoms. The number of likely N-dealkylation sites (N-methyl/N-ethyl adjacent to an activating group) is 1. The second-order valence-electron chi connectivity index (χ2n) is 6.86. The fourth-order valence-corrected chi connectivity index (χ4v) is 3.32. The van der Waals surface area contributed by atoms with Gasteiger partial charge in [0, 0.05) is 24.6 Å². The van der Waals surface area contributed by atoms with Crippen molar-refractivity contribution in [2.24, 2.45) is 0 Å². The van der Waals surface area contributed by atoms with Crippen LogP contribution < -0.4 is 5.43 Å². The minimum Gasteiger partial charge on any atom is -0.481 e. The van der Waals surface area contributed by atoms with Crippen molar-refractivity contribution in [3.05, 3.63) is 65.8 Å². The maximum absolute atomic E-state index is 13.0. The van der Waals surface area contributed by atoms with E-state index >= 15 is 0 Å². The van der Waals surface area contributed by atoms with E-state index in [1.165, 1.54) is 13.0 Å². The molecule has 0 saturated heterocycles. The van der Waals surface area contributed by atoms with Crippen molar-refractivity contribution in [1.82, 2.24) is 20.2 Å². The van der Waals surface area contributed by atoms with Crippen LogP contribution in [0.15, 0.2) is 54.4 Å². The SMILES string of the molecule is C=CC(=CC/C=C(\C)F)C1c2cc(-c3n[nH]c(CCC(=O)O)n3)ccc2NN1C. The number of aliphatic carboxylic acids is 1. The molecule has 1 aliphatic rings. The smallest absolute Gasteiger partial charge is 0.303 e. The van der Waals surface area contributed by atoms with E-state index in [0.717, 1.165) is 22.4 Å². The quantitative estimate of drug-likeness (QED) is 0.579. The first-order valence-corrected chi connectivity index (χ1v) is 9.30. The molecule has 2 aromatic rings. The van der Waals surface area contributed by atoms with Gasteiger partial charge in [-0.15, -0.1) is 0 Å². The number of hydrogen-bond acceptors (Lipinski definition) is 5. The van der Waals surface area contributed by atoms with Crippen molar-refractivity contribution >= 4 is 11.7 Å². The predicted octanol–water partition coefficient (Wildman–Crippen LogP) is 4.18. The number of fused-ring (bicyclic) bond motifs is 1. The maximum atomic E-state index is 13.0. The molecule has 0 amide bonds. The molecule has 1 aromatic carbocycles. The Bertz CT molecular complexity index is 975. The number of anilines is 1. The number of halogens is 1. The lowest BCUT2D eigenvalue weighted by Crippen LogP contribution is -2.23. The molecule has 1 aliphatic heterocycles. The number of carbonyl (C=O) groups is 1. The van der Waals surface area contributed by atoms with Gasteiger partial charge in [0.2, 0.25) is 0 Å². The number of H-pyrrole nitrogens is 1. The largest absolute Gasteiger partial charge is 0.481 e. The number of benzene rings is 1. The van der Waals surface area contributed by atoms with Crippen LogP contribution in [0.4, 0.5) is 10.1 Å². The van der Waals surface area contributed by atoms with Gasteiger partial charge in [-0.2, -0.15) is 5.10 Å². The summed E-state index contributed by atoms with van der Waals surface area (Å²) < 4.78 is 13.0. The van der Waals surface area contributed by atoms with Gasteiger partial charge < -0.3 is 10.5 Å². The number of aryl methyl sites for hydroxylation is 1. The van der Waals surface area contributed by atoms with Crippen molar-refractivity contribution in [2.45, 2.75) is 32.2 Å². The van der Waals surface area contributed by atoms with E-state index in [1.807, 2.05) is 36.3 Å². The van der Waals surface area contributed by atoms with Gasteiger partial charge in [-0.1, -0.05) is 18.7 Å². The highest BCUT2D eigenvalue weighted by molar-refractivity contribution is 5.68. The van der Waals surface area contributed by atoms with Crippen LogP contribution in [0.2, 0.25) is 0 Å². The van der Waals surface area contributed by atoms with Crippen LogP contribution in [-0.4, -0.2) is 38.3 Å². The average Bonchev–Trinajstić information content (AvgIpc) is 3.27. The number of carboxylic acids is 1. The molecular weight excluding hydrogens is 373 g/mol. The third kappa shape index (κ3) is 4.78. The normalized spacial score (nSPS) is 17.1. The topological polar surface area (TPSA) is 94.1 Å². The Labute approximate surface area is 168 Å². The van der Waals surface area contributed by atoms with Gasteiger partial charge in [-0.25, -0.2) is 14.4 Å². The fourth-order valence-electron chi connectivity index (χ4n) is 3.32. The lowest BCUT2D eigenvalue weighted by molar-refractivity contribution is -0.137. The molecule has 0 spiro atoms. The maximum Gasteiger partial charge on any atom is 0.303 e. The highest BCUT2D eigenvalue weighted by atomic mass is 19.1. The van der Waals surface area contributed by atoms with Crippen LogP contribution in [0.3, 0.4) is 0 Å². The molecule has 8 heteroatoms. The zero-order valence-corrected chi connectivity index (χ0v) is 16.4. The van der Waals surface area contributed by atoms with Crippen molar-refractivity contribution in [2.75, 3.05) is 12.5 Å². The highest BCUT2D eigenvalue weighted by Gasteiger charge is 2.29. The number of rotatable bonds is 8. The van der Waals surface area contributed by atoms with Gasteiger partial charge in [0.1, 0.15) is 5.82 Å². The third-order valence-corrected chi connectivity index (χ3v) is 4.70. The Morgan fingerprint density at radius 3 is 2.90 bits per heavy atom.